The van der Waals surface area contributed by atoms with Crippen molar-refractivity contribution in [1.29, 1.82) is 0 Å². The second kappa shape index (κ2) is 7.38. The highest BCUT2D eigenvalue weighted by molar-refractivity contribution is 4.99. The van der Waals surface area contributed by atoms with Crippen molar-refractivity contribution in [2.75, 3.05) is 13.2 Å². The minimum atomic E-state index is -0.680. The molecule has 0 saturated carbocycles. The standard InChI is InChI=1S/C18H32O7/c1-7-8-9-19-11(2)21-16-15-14(24-18(5,6)25-15)13(22-16)12-10-20-17(3,4)23-12/h11-16H,7-10H2,1-6H3/t11?,12?,13-,14+,15+,16?/m1/s1. The van der Waals surface area contributed by atoms with E-state index in [1.807, 2.05) is 34.6 Å². The molecule has 0 aromatic heterocycles. The summed E-state index contributed by atoms with van der Waals surface area (Å²) in [6.07, 6.45) is 0.0600. The monoisotopic (exact) mass is 360 g/mol. The highest BCUT2D eigenvalue weighted by Crippen LogP contribution is 2.42. The van der Waals surface area contributed by atoms with Gasteiger partial charge in [0.1, 0.15) is 24.4 Å². The Labute approximate surface area is 150 Å². The molecule has 0 aliphatic carbocycles. The lowest BCUT2D eigenvalue weighted by molar-refractivity contribution is -0.285. The molecule has 0 aromatic rings. The number of ether oxygens (including phenoxy) is 7. The summed E-state index contributed by atoms with van der Waals surface area (Å²) >= 11 is 0. The van der Waals surface area contributed by atoms with Crippen LogP contribution in [0.25, 0.3) is 0 Å². The molecule has 7 heteroatoms. The largest absolute Gasteiger partial charge is 0.353 e. The summed E-state index contributed by atoms with van der Waals surface area (Å²) in [4.78, 5) is 0. The summed E-state index contributed by atoms with van der Waals surface area (Å²) in [7, 11) is 0. The molecule has 0 aromatic carbocycles. The Kier molecular flexibility index (Phi) is 5.75. The van der Waals surface area contributed by atoms with Crippen LogP contribution in [0, 0.1) is 0 Å². The van der Waals surface area contributed by atoms with E-state index >= 15 is 0 Å². The van der Waals surface area contributed by atoms with Gasteiger partial charge in [-0.1, -0.05) is 13.3 Å². The second-order valence-corrected chi connectivity index (χ2v) is 7.83. The van der Waals surface area contributed by atoms with Gasteiger partial charge in [-0.2, -0.15) is 0 Å². The molecule has 25 heavy (non-hydrogen) atoms. The lowest BCUT2D eigenvalue weighted by Crippen LogP contribution is -2.40. The third kappa shape index (κ3) is 4.53. The van der Waals surface area contributed by atoms with Gasteiger partial charge in [0.05, 0.1) is 6.61 Å². The molecule has 0 bridgehead atoms. The van der Waals surface area contributed by atoms with Gasteiger partial charge in [0.15, 0.2) is 24.2 Å². The maximum atomic E-state index is 6.12. The molecule has 146 valence electrons. The van der Waals surface area contributed by atoms with E-state index in [4.69, 9.17) is 33.2 Å². The van der Waals surface area contributed by atoms with Crippen LogP contribution in [0.1, 0.15) is 54.4 Å². The Bertz CT molecular complexity index is 453. The van der Waals surface area contributed by atoms with Crippen molar-refractivity contribution in [2.45, 2.75) is 103 Å². The Hall–Kier alpha value is -0.280. The molecule has 7 nitrogen and oxygen atoms in total. The summed E-state index contributed by atoms with van der Waals surface area (Å²) in [5, 5.41) is 0. The van der Waals surface area contributed by atoms with Gasteiger partial charge in [-0.3, -0.25) is 0 Å². The quantitative estimate of drug-likeness (QED) is 0.511. The molecule has 0 N–H and O–H groups in total. The van der Waals surface area contributed by atoms with Crippen LogP contribution in [0.2, 0.25) is 0 Å². The topological polar surface area (TPSA) is 64.6 Å². The SMILES string of the molecule is CCCCOC(C)OC1O[C@H](C2COC(C)(C)O2)[C@@H]2OC(C)(C)O[C@H]12. The maximum absolute atomic E-state index is 6.12. The molecule has 0 radical (unpaired) electrons. The number of unbranched alkanes of at least 4 members (excludes halogenated alkanes) is 1. The first-order chi connectivity index (χ1) is 11.7. The average molecular weight is 360 g/mol. The van der Waals surface area contributed by atoms with Gasteiger partial charge < -0.3 is 33.2 Å². The fourth-order valence-corrected chi connectivity index (χ4v) is 3.50. The van der Waals surface area contributed by atoms with E-state index in [0.717, 1.165) is 12.8 Å². The van der Waals surface area contributed by atoms with E-state index < -0.39 is 17.9 Å². The first-order valence-corrected chi connectivity index (χ1v) is 9.31. The molecule has 3 unspecified atom stereocenters. The van der Waals surface area contributed by atoms with Crippen molar-refractivity contribution in [1.82, 2.24) is 0 Å². The van der Waals surface area contributed by atoms with Crippen LogP contribution in [-0.2, 0) is 33.2 Å². The lowest BCUT2D eigenvalue weighted by Gasteiger charge is -2.27. The van der Waals surface area contributed by atoms with Crippen molar-refractivity contribution in [3.05, 3.63) is 0 Å². The van der Waals surface area contributed by atoms with Gasteiger partial charge in [0.2, 0.25) is 0 Å². The van der Waals surface area contributed by atoms with Gasteiger partial charge in [0.25, 0.3) is 0 Å². The summed E-state index contributed by atoms with van der Waals surface area (Å²) < 4.78 is 41.5. The van der Waals surface area contributed by atoms with Gasteiger partial charge in [-0.25, -0.2) is 0 Å². The van der Waals surface area contributed by atoms with E-state index in [9.17, 15) is 0 Å². The van der Waals surface area contributed by atoms with Crippen molar-refractivity contribution >= 4 is 0 Å². The number of hydrogen-bond acceptors (Lipinski definition) is 7. The fourth-order valence-electron chi connectivity index (χ4n) is 3.50. The van der Waals surface area contributed by atoms with Crippen molar-refractivity contribution < 1.29 is 33.2 Å². The van der Waals surface area contributed by atoms with Crippen LogP contribution in [-0.4, -0.2) is 61.8 Å². The van der Waals surface area contributed by atoms with Gasteiger partial charge in [-0.05, 0) is 41.0 Å². The maximum Gasteiger partial charge on any atom is 0.190 e. The molecular weight excluding hydrogens is 328 g/mol. The zero-order valence-electron chi connectivity index (χ0n) is 16.2. The van der Waals surface area contributed by atoms with E-state index in [2.05, 4.69) is 6.92 Å². The first kappa shape index (κ1) is 19.5. The van der Waals surface area contributed by atoms with Gasteiger partial charge >= 0.3 is 0 Å². The molecule has 3 rings (SSSR count). The normalized spacial score (nSPS) is 40.3. The Morgan fingerprint density at radius 1 is 1.00 bits per heavy atom. The zero-order valence-corrected chi connectivity index (χ0v) is 16.2. The summed E-state index contributed by atoms with van der Waals surface area (Å²) in [5.41, 5.74) is 0. The summed E-state index contributed by atoms with van der Waals surface area (Å²) in [5.74, 6) is -1.30. The summed E-state index contributed by atoms with van der Waals surface area (Å²) in [6, 6.07) is 0. The Morgan fingerprint density at radius 3 is 2.36 bits per heavy atom. The molecule has 3 aliphatic rings. The lowest BCUT2D eigenvalue weighted by atomic mass is 10.1. The zero-order chi connectivity index (χ0) is 18.2. The van der Waals surface area contributed by atoms with E-state index in [-0.39, 0.29) is 30.7 Å². The predicted octanol–water partition coefficient (Wildman–Crippen LogP) is 2.56. The minimum absolute atomic E-state index is 0.218. The molecule has 3 heterocycles. The van der Waals surface area contributed by atoms with Crippen LogP contribution >= 0.6 is 0 Å². The Balaban J connectivity index is 1.64. The predicted molar refractivity (Wildman–Crippen MR) is 88.8 cm³/mol. The second-order valence-electron chi connectivity index (χ2n) is 7.83. The number of fused-ring (bicyclic) bond motifs is 1. The van der Waals surface area contributed by atoms with E-state index in [0.29, 0.717) is 13.2 Å². The molecule has 3 aliphatic heterocycles. The van der Waals surface area contributed by atoms with Crippen molar-refractivity contribution in [3.63, 3.8) is 0 Å². The average Bonchev–Trinajstić information content (AvgIpc) is 3.11. The molecule has 6 atom stereocenters. The third-order valence-electron chi connectivity index (χ3n) is 4.62. The number of rotatable bonds is 7. The van der Waals surface area contributed by atoms with Crippen LogP contribution in [0.15, 0.2) is 0 Å². The van der Waals surface area contributed by atoms with Crippen LogP contribution in [0.5, 0.6) is 0 Å². The van der Waals surface area contributed by atoms with Crippen LogP contribution in [0.4, 0.5) is 0 Å². The Morgan fingerprint density at radius 2 is 1.72 bits per heavy atom. The smallest absolute Gasteiger partial charge is 0.190 e. The minimum Gasteiger partial charge on any atom is -0.353 e. The van der Waals surface area contributed by atoms with E-state index in [1.165, 1.54) is 0 Å². The highest BCUT2D eigenvalue weighted by Gasteiger charge is 2.59. The molecule has 0 amide bonds. The molecule has 3 fully saturated rings. The first-order valence-electron chi connectivity index (χ1n) is 9.31. The van der Waals surface area contributed by atoms with Gasteiger partial charge in [-0.15, -0.1) is 0 Å². The molecule has 0 spiro atoms. The molecular formula is C18H32O7. The van der Waals surface area contributed by atoms with Gasteiger partial charge in [0, 0.05) is 6.61 Å². The highest BCUT2D eigenvalue weighted by atomic mass is 16.8. The van der Waals surface area contributed by atoms with Crippen molar-refractivity contribution in [2.24, 2.45) is 0 Å². The molecule has 3 saturated heterocycles. The summed E-state index contributed by atoms with van der Waals surface area (Å²) in [6.45, 7) is 12.7. The van der Waals surface area contributed by atoms with Crippen molar-refractivity contribution in [3.8, 4) is 0 Å². The number of hydrogen-bond donors (Lipinski definition) is 0. The van der Waals surface area contributed by atoms with E-state index in [1.54, 1.807) is 0 Å². The van der Waals surface area contributed by atoms with Crippen LogP contribution < -0.4 is 0 Å². The third-order valence-corrected chi connectivity index (χ3v) is 4.62. The van der Waals surface area contributed by atoms with Crippen LogP contribution in [0.3, 0.4) is 0 Å². The fraction of sp³-hybridized carbons (Fsp3) is 1.00.